The van der Waals surface area contributed by atoms with E-state index in [0.717, 1.165) is 21.7 Å². The molecule has 0 fully saturated rings. The molecule has 0 spiro atoms. The maximum atomic E-state index is 12.0. The van der Waals surface area contributed by atoms with E-state index in [9.17, 15) is 9.59 Å². The lowest BCUT2D eigenvalue weighted by molar-refractivity contribution is 0.0396. The third-order valence-corrected chi connectivity index (χ3v) is 3.32. The summed E-state index contributed by atoms with van der Waals surface area (Å²) in [4.78, 5) is 30.2. The smallest absolute Gasteiger partial charge is 0.307 e. The molecule has 1 aliphatic rings. The summed E-state index contributed by atoms with van der Waals surface area (Å²) < 4.78 is 0. The van der Waals surface area contributed by atoms with Crippen LogP contribution in [0.2, 0.25) is 0 Å². The van der Waals surface area contributed by atoms with Crippen molar-refractivity contribution in [3.05, 3.63) is 65.7 Å². The van der Waals surface area contributed by atoms with Crippen molar-refractivity contribution in [1.29, 1.82) is 0 Å². The number of imide groups is 1. The fourth-order valence-corrected chi connectivity index (χ4v) is 2.18. The van der Waals surface area contributed by atoms with E-state index in [1.54, 1.807) is 6.07 Å². The number of urea groups is 2. The number of para-hydroxylation sites is 1. The Morgan fingerprint density at radius 2 is 1.86 bits per heavy atom. The normalized spacial score (nSPS) is 13.3. The highest BCUT2D eigenvalue weighted by atomic mass is 16.7. The molecule has 112 valence electrons. The summed E-state index contributed by atoms with van der Waals surface area (Å²) >= 11 is 0. The second kappa shape index (κ2) is 6.28. The van der Waals surface area contributed by atoms with Crippen LogP contribution < -0.4 is 10.8 Å². The van der Waals surface area contributed by atoms with E-state index in [1.807, 2.05) is 48.5 Å². The Balaban J connectivity index is 1.57. The van der Waals surface area contributed by atoms with Crippen molar-refractivity contribution >= 4 is 17.7 Å². The molecule has 0 aromatic heterocycles. The molecule has 22 heavy (non-hydrogen) atoms. The molecule has 0 bridgehead atoms. The molecule has 2 aromatic rings. The van der Waals surface area contributed by atoms with Crippen molar-refractivity contribution in [2.45, 2.75) is 13.2 Å². The van der Waals surface area contributed by atoms with E-state index >= 15 is 0 Å². The molecule has 0 radical (unpaired) electrons. The van der Waals surface area contributed by atoms with Gasteiger partial charge in [-0.05, 0) is 17.2 Å². The number of rotatable bonds is 3. The first-order chi connectivity index (χ1) is 10.7. The summed E-state index contributed by atoms with van der Waals surface area (Å²) in [6.07, 6.45) is 0. The predicted molar refractivity (Wildman–Crippen MR) is 80.8 cm³/mol. The number of anilines is 1. The van der Waals surface area contributed by atoms with Crippen LogP contribution >= 0.6 is 0 Å². The third-order valence-electron chi connectivity index (χ3n) is 3.32. The van der Waals surface area contributed by atoms with E-state index in [0.29, 0.717) is 0 Å². The van der Waals surface area contributed by atoms with Crippen LogP contribution in [-0.4, -0.2) is 17.0 Å². The fraction of sp³-hybridized carbons (Fsp3) is 0.125. The van der Waals surface area contributed by atoms with E-state index < -0.39 is 12.1 Å². The van der Waals surface area contributed by atoms with E-state index in [4.69, 9.17) is 4.84 Å². The quantitative estimate of drug-likeness (QED) is 0.856. The zero-order valence-corrected chi connectivity index (χ0v) is 11.8. The molecule has 1 aliphatic heterocycles. The summed E-state index contributed by atoms with van der Waals surface area (Å²) in [7, 11) is 0. The van der Waals surface area contributed by atoms with Gasteiger partial charge in [0, 0.05) is 5.69 Å². The van der Waals surface area contributed by atoms with E-state index in [-0.39, 0.29) is 13.2 Å². The van der Waals surface area contributed by atoms with Gasteiger partial charge in [0.05, 0.1) is 13.2 Å². The lowest BCUT2D eigenvalue weighted by Gasteiger charge is -2.27. The number of hydrogen-bond acceptors (Lipinski definition) is 3. The number of hydrogen-bond donors (Lipinski definition) is 2. The van der Waals surface area contributed by atoms with Gasteiger partial charge in [0.1, 0.15) is 0 Å². The number of carbonyl (C=O) groups is 2. The average molecular weight is 297 g/mol. The molecule has 0 atom stereocenters. The topological polar surface area (TPSA) is 70.7 Å². The van der Waals surface area contributed by atoms with Gasteiger partial charge in [0.25, 0.3) is 0 Å². The molecule has 1 heterocycles. The van der Waals surface area contributed by atoms with Crippen LogP contribution in [0.1, 0.15) is 11.1 Å². The van der Waals surface area contributed by atoms with Crippen LogP contribution in [0, 0.1) is 0 Å². The molecule has 6 heteroatoms. The monoisotopic (exact) mass is 297 g/mol. The van der Waals surface area contributed by atoms with E-state index in [2.05, 4.69) is 10.8 Å². The molecule has 0 saturated carbocycles. The summed E-state index contributed by atoms with van der Waals surface area (Å²) in [5.41, 5.74) is 4.81. The van der Waals surface area contributed by atoms with Gasteiger partial charge in [-0.25, -0.2) is 20.0 Å². The Morgan fingerprint density at radius 1 is 1.14 bits per heavy atom. The van der Waals surface area contributed by atoms with Crippen molar-refractivity contribution < 1.29 is 14.4 Å². The molecular formula is C16H15N3O3. The second-order valence-corrected chi connectivity index (χ2v) is 4.85. The maximum Gasteiger partial charge on any atom is 0.349 e. The van der Waals surface area contributed by atoms with Crippen LogP contribution in [0.3, 0.4) is 0 Å². The Morgan fingerprint density at radius 3 is 2.68 bits per heavy atom. The summed E-state index contributed by atoms with van der Waals surface area (Å²) in [6.45, 7) is 0.446. The van der Waals surface area contributed by atoms with Gasteiger partial charge in [0.15, 0.2) is 0 Å². The van der Waals surface area contributed by atoms with Gasteiger partial charge in [-0.2, -0.15) is 0 Å². The fourth-order valence-electron chi connectivity index (χ4n) is 2.18. The van der Waals surface area contributed by atoms with Crippen LogP contribution in [0.15, 0.2) is 54.6 Å². The summed E-state index contributed by atoms with van der Waals surface area (Å²) in [6, 6.07) is 15.7. The molecule has 3 rings (SSSR count). The van der Waals surface area contributed by atoms with Crippen molar-refractivity contribution in [2.24, 2.45) is 0 Å². The lowest BCUT2D eigenvalue weighted by Crippen LogP contribution is -2.47. The second-order valence-electron chi connectivity index (χ2n) is 4.85. The molecule has 0 saturated heterocycles. The molecular weight excluding hydrogens is 282 g/mol. The molecule has 6 nitrogen and oxygen atoms in total. The summed E-state index contributed by atoms with van der Waals surface area (Å²) in [5, 5.41) is 2.67. The van der Waals surface area contributed by atoms with Gasteiger partial charge in [-0.15, -0.1) is 0 Å². The summed E-state index contributed by atoms with van der Waals surface area (Å²) in [5.74, 6) is 0. The van der Waals surface area contributed by atoms with Crippen LogP contribution in [0.25, 0.3) is 0 Å². The van der Waals surface area contributed by atoms with Gasteiger partial charge < -0.3 is 5.32 Å². The zero-order valence-electron chi connectivity index (χ0n) is 11.8. The van der Waals surface area contributed by atoms with Gasteiger partial charge >= 0.3 is 12.1 Å². The Kier molecular flexibility index (Phi) is 4.02. The standard InChI is InChI=1S/C16H15N3O3/c20-15-17-14-9-5-4-8-13(14)10-19(15)16(21)18-22-11-12-6-2-1-3-7-12/h1-9H,10-11H2,(H,17,20)(H,18,21). The number of fused-ring (bicyclic) bond motifs is 1. The van der Waals surface area contributed by atoms with Crippen LogP contribution in [0.5, 0.6) is 0 Å². The van der Waals surface area contributed by atoms with Crippen molar-refractivity contribution in [1.82, 2.24) is 10.4 Å². The number of nitrogens with one attached hydrogen (secondary N) is 2. The highest BCUT2D eigenvalue weighted by Gasteiger charge is 2.27. The average Bonchev–Trinajstić information content (AvgIpc) is 2.55. The van der Waals surface area contributed by atoms with Crippen LogP contribution in [-0.2, 0) is 18.0 Å². The molecule has 2 N–H and O–H groups in total. The first-order valence-electron chi connectivity index (χ1n) is 6.86. The van der Waals surface area contributed by atoms with Crippen molar-refractivity contribution in [3.63, 3.8) is 0 Å². The zero-order chi connectivity index (χ0) is 15.4. The highest BCUT2D eigenvalue weighted by molar-refractivity contribution is 6.02. The SMILES string of the molecule is O=C(NOCc1ccccc1)N1Cc2ccccc2NC1=O. The lowest BCUT2D eigenvalue weighted by atomic mass is 10.1. The molecule has 2 aromatic carbocycles. The number of hydroxylamine groups is 1. The highest BCUT2D eigenvalue weighted by Crippen LogP contribution is 2.22. The van der Waals surface area contributed by atoms with E-state index in [1.165, 1.54) is 0 Å². The minimum atomic E-state index is -0.595. The first kappa shape index (κ1) is 14.1. The predicted octanol–water partition coefficient (Wildman–Crippen LogP) is 2.88. The van der Waals surface area contributed by atoms with Gasteiger partial charge in [-0.1, -0.05) is 48.5 Å². The minimum Gasteiger partial charge on any atom is -0.307 e. The maximum absolute atomic E-state index is 12.0. The largest absolute Gasteiger partial charge is 0.349 e. The molecule has 4 amide bonds. The van der Waals surface area contributed by atoms with Gasteiger partial charge in [0.2, 0.25) is 0 Å². The number of nitrogens with zero attached hydrogens (tertiary/aromatic N) is 1. The Bertz CT molecular complexity index is 688. The van der Waals surface area contributed by atoms with Crippen molar-refractivity contribution in [3.8, 4) is 0 Å². The minimum absolute atomic E-state index is 0.211. The Hall–Kier alpha value is -2.86. The number of amides is 4. The number of benzene rings is 2. The molecule has 0 unspecified atom stereocenters. The number of carbonyl (C=O) groups excluding carboxylic acids is 2. The van der Waals surface area contributed by atoms with Crippen LogP contribution in [0.4, 0.5) is 15.3 Å². The Labute approximate surface area is 127 Å². The first-order valence-corrected chi connectivity index (χ1v) is 6.86. The van der Waals surface area contributed by atoms with Gasteiger partial charge in [-0.3, -0.25) is 4.84 Å². The molecule has 0 aliphatic carbocycles. The third kappa shape index (κ3) is 3.07. The van der Waals surface area contributed by atoms with Crippen molar-refractivity contribution in [2.75, 3.05) is 5.32 Å².